The number of benzene rings is 1. The highest BCUT2D eigenvalue weighted by atomic mass is 79.9. The van der Waals surface area contributed by atoms with Crippen molar-refractivity contribution < 1.29 is 19.4 Å². The number of hydrogen-bond donors (Lipinski definition) is 1. The molecule has 0 aliphatic carbocycles. The predicted octanol–water partition coefficient (Wildman–Crippen LogP) is 1.53. The summed E-state index contributed by atoms with van der Waals surface area (Å²) >= 11 is 3.05. The van der Waals surface area contributed by atoms with E-state index >= 15 is 0 Å². The lowest BCUT2D eigenvalue weighted by atomic mass is 10.3. The number of ether oxygens (including phenoxy) is 1. The lowest BCUT2D eigenvalue weighted by molar-refractivity contribution is -0.384. The summed E-state index contributed by atoms with van der Waals surface area (Å²) in [5, 5.41) is 24.6. The van der Waals surface area contributed by atoms with E-state index in [9.17, 15) is 25.0 Å². The lowest BCUT2D eigenvalue weighted by Crippen LogP contribution is -2.25. The molecule has 0 unspecified atom stereocenters. The molecule has 0 saturated carbocycles. The lowest BCUT2D eigenvalue weighted by Gasteiger charge is -2.00. The molecule has 1 aromatic carbocycles. The zero-order chi connectivity index (χ0) is 15.3. The van der Waals surface area contributed by atoms with Gasteiger partial charge in [0.15, 0.2) is 5.69 Å². The van der Waals surface area contributed by atoms with Crippen LogP contribution in [0.4, 0.5) is 11.4 Å². The first-order chi connectivity index (χ1) is 9.36. The zero-order valence-corrected chi connectivity index (χ0v) is 11.5. The van der Waals surface area contributed by atoms with Gasteiger partial charge in [0.05, 0.1) is 17.1 Å². The molecule has 1 rings (SSSR count). The van der Waals surface area contributed by atoms with E-state index in [0.717, 1.165) is 7.11 Å². The van der Waals surface area contributed by atoms with Crippen molar-refractivity contribution in [3.05, 3.63) is 42.9 Å². The molecule has 106 valence electrons. The summed E-state index contributed by atoms with van der Waals surface area (Å²) in [6.07, 6.45) is 0. The minimum atomic E-state index is -1.28. The molecule has 10 nitrogen and oxygen atoms in total. The molecule has 0 aromatic heterocycles. The Morgan fingerprint density at radius 3 is 2.55 bits per heavy atom. The Morgan fingerprint density at radius 2 is 2.05 bits per heavy atom. The Bertz CT molecular complexity index is 602. The van der Waals surface area contributed by atoms with Gasteiger partial charge in [-0.1, -0.05) is 15.9 Å². The molecule has 0 atom stereocenters. The van der Waals surface area contributed by atoms with Crippen LogP contribution in [0.2, 0.25) is 0 Å². The molecule has 20 heavy (non-hydrogen) atoms. The van der Waals surface area contributed by atoms with E-state index in [1.54, 1.807) is 0 Å². The van der Waals surface area contributed by atoms with Crippen LogP contribution in [0.5, 0.6) is 0 Å². The van der Waals surface area contributed by atoms with Gasteiger partial charge in [-0.15, -0.1) is 0 Å². The van der Waals surface area contributed by atoms with Crippen molar-refractivity contribution >= 4 is 39.1 Å². The Kier molecular flexibility index (Phi) is 5.08. The summed E-state index contributed by atoms with van der Waals surface area (Å²) < 4.78 is 4.61. The molecule has 0 saturated heterocycles. The summed E-state index contributed by atoms with van der Waals surface area (Å²) in [4.78, 5) is 30.7. The number of carbonyl (C=O) groups is 1. The van der Waals surface area contributed by atoms with Crippen molar-refractivity contribution in [3.8, 4) is 0 Å². The second-order valence-corrected chi connectivity index (χ2v) is 4.13. The highest BCUT2D eigenvalue weighted by Crippen LogP contribution is 2.27. The van der Waals surface area contributed by atoms with Crippen LogP contribution in [-0.4, -0.2) is 28.8 Å². The summed E-state index contributed by atoms with van der Waals surface area (Å²) in [6.45, 7) is 0. The maximum absolute atomic E-state index is 11.1. The summed E-state index contributed by atoms with van der Waals surface area (Å²) in [6, 6.07) is 3.93. The van der Waals surface area contributed by atoms with Gasteiger partial charge in [-0.25, -0.2) is 4.79 Å². The third-order valence-electron chi connectivity index (χ3n) is 1.98. The van der Waals surface area contributed by atoms with Crippen molar-refractivity contribution in [1.29, 1.82) is 0 Å². The first kappa shape index (κ1) is 15.5. The number of hydrazone groups is 1. The van der Waals surface area contributed by atoms with Gasteiger partial charge in [-0.05, 0) is 17.1 Å². The number of amidine groups is 1. The van der Waals surface area contributed by atoms with E-state index < -0.39 is 21.7 Å². The van der Waals surface area contributed by atoms with E-state index in [1.165, 1.54) is 18.2 Å². The van der Waals surface area contributed by atoms with Crippen molar-refractivity contribution in [1.82, 2.24) is 0 Å². The second kappa shape index (κ2) is 6.56. The number of nitro benzene ring substituents is 1. The third-order valence-corrected chi connectivity index (χ3v) is 2.47. The number of anilines is 1. The Morgan fingerprint density at radius 1 is 1.40 bits per heavy atom. The van der Waals surface area contributed by atoms with E-state index in [1.807, 2.05) is 0 Å². The molecule has 0 spiro atoms. The third kappa shape index (κ3) is 3.71. The average molecular weight is 347 g/mol. The van der Waals surface area contributed by atoms with Gasteiger partial charge in [0.1, 0.15) is 0 Å². The van der Waals surface area contributed by atoms with Crippen LogP contribution in [0.3, 0.4) is 0 Å². The highest BCUT2D eigenvalue weighted by Gasteiger charge is 2.26. The minimum Gasteiger partial charge on any atom is -0.460 e. The second-order valence-electron chi connectivity index (χ2n) is 3.21. The molecule has 0 aliphatic heterocycles. The number of esters is 1. The molecular formula is C9H7BrN4O6. The largest absolute Gasteiger partial charge is 0.473 e. The number of nitrogens with zero attached hydrogens (tertiary/aromatic N) is 3. The van der Waals surface area contributed by atoms with Crippen LogP contribution in [0.15, 0.2) is 27.8 Å². The van der Waals surface area contributed by atoms with E-state index in [2.05, 4.69) is 31.2 Å². The number of rotatable bonds is 3. The van der Waals surface area contributed by atoms with Crippen molar-refractivity contribution in [2.75, 3.05) is 12.5 Å². The molecule has 1 aromatic rings. The Labute approximate surface area is 119 Å². The van der Waals surface area contributed by atoms with Gasteiger partial charge >= 0.3 is 11.8 Å². The zero-order valence-electron chi connectivity index (χ0n) is 9.90. The quantitative estimate of drug-likeness (QED) is 0.288. The number of nitrogens with one attached hydrogen (secondary N) is 1. The van der Waals surface area contributed by atoms with Gasteiger partial charge in [0, 0.05) is 10.5 Å². The number of halogens is 1. The van der Waals surface area contributed by atoms with Gasteiger partial charge in [0.2, 0.25) is 0 Å². The molecule has 1 N–H and O–H groups in total. The van der Waals surface area contributed by atoms with Gasteiger partial charge in [-0.3, -0.25) is 10.1 Å². The highest BCUT2D eigenvalue weighted by molar-refractivity contribution is 9.10. The van der Waals surface area contributed by atoms with Crippen LogP contribution < -0.4 is 5.43 Å². The van der Waals surface area contributed by atoms with E-state index in [0.29, 0.717) is 4.47 Å². The standard InChI is InChI=1S/C9H7BrN4O6/c1-20-9(15)8(14(18)19)12-11-6-3-2-5(10)4-7(6)13(16)17/h2-4,11H,1H3/b12-8-. The molecular weight excluding hydrogens is 340 g/mol. The number of nitro groups is 2. The molecule has 0 aliphatic rings. The molecule has 0 radical (unpaired) electrons. The van der Waals surface area contributed by atoms with Crippen molar-refractivity contribution in [2.24, 2.45) is 5.10 Å². The number of hydrogen-bond acceptors (Lipinski definition) is 8. The van der Waals surface area contributed by atoms with Crippen LogP contribution in [0.25, 0.3) is 0 Å². The first-order valence-corrected chi connectivity index (χ1v) is 5.66. The Hall–Kier alpha value is -2.56. The van der Waals surface area contributed by atoms with Gasteiger partial charge in [0.25, 0.3) is 5.69 Å². The molecule has 11 heteroatoms. The van der Waals surface area contributed by atoms with Crippen molar-refractivity contribution in [2.45, 2.75) is 0 Å². The number of carbonyl (C=O) groups excluding carboxylic acids is 1. The fraction of sp³-hybridized carbons (Fsp3) is 0.111. The molecule has 0 fully saturated rings. The van der Waals surface area contributed by atoms with Crippen LogP contribution in [-0.2, 0) is 9.53 Å². The summed E-state index contributed by atoms with van der Waals surface area (Å²) in [5.41, 5.74) is 1.63. The monoisotopic (exact) mass is 346 g/mol. The maximum atomic E-state index is 11.1. The fourth-order valence-corrected chi connectivity index (χ4v) is 1.46. The summed E-state index contributed by atoms with van der Waals surface area (Å²) in [7, 11) is 0.948. The molecule has 0 amide bonds. The van der Waals surface area contributed by atoms with Gasteiger partial charge in [-0.2, -0.15) is 5.43 Å². The average Bonchev–Trinajstić information content (AvgIpc) is 2.39. The topological polar surface area (TPSA) is 137 Å². The maximum Gasteiger partial charge on any atom is 0.473 e. The minimum absolute atomic E-state index is 0.110. The number of methoxy groups -OCH3 is 1. The summed E-state index contributed by atoms with van der Waals surface area (Å²) in [5.74, 6) is -2.40. The molecule has 0 bridgehead atoms. The SMILES string of the molecule is COC(=O)/C(=N/Nc1ccc(Br)cc1[N+](=O)[O-])[N+](=O)[O-]. The first-order valence-electron chi connectivity index (χ1n) is 4.87. The predicted molar refractivity (Wildman–Crippen MR) is 70.9 cm³/mol. The normalized spacial score (nSPS) is 10.8. The van der Waals surface area contributed by atoms with E-state index in [4.69, 9.17) is 0 Å². The Balaban J connectivity index is 3.12. The van der Waals surface area contributed by atoms with Crippen LogP contribution >= 0.6 is 15.9 Å². The molecule has 0 heterocycles. The van der Waals surface area contributed by atoms with Crippen molar-refractivity contribution in [3.63, 3.8) is 0 Å². The van der Waals surface area contributed by atoms with Crippen LogP contribution in [0.1, 0.15) is 0 Å². The fourth-order valence-electron chi connectivity index (χ4n) is 1.12. The van der Waals surface area contributed by atoms with E-state index in [-0.39, 0.29) is 11.4 Å². The van der Waals surface area contributed by atoms with Crippen LogP contribution in [0, 0.1) is 20.2 Å². The smallest absolute Gasteiger partial charge is 0.460 e. The van der Waals surface area contributed by atoms with Gasteiger partial charge < -0.3 is 14.9 Å².